The van der Waals surface area contributed by atoms with Crippen molar-refractivity contribution in [3.63, 3.8) is 0 Å². The minimum Gasteiger partial charge on any atom is -0.352 e. The van der Waals surface area contributed by atoms with Crippen molar-refractivity contribution in [1.82, 2.24) is 19.2 Å². The first kappa shape index (κ1) is 19.6. The van der Waals surface area contributed by atoms with Crippen LogP contribution in [0.15, 0.2) is 24.3 Å². The molecule has 11 heteroatoms. The van der Waals surface area contributed by atoms with Gasteiger partial charge in [-0.15, -0.1) is 0 Å². The van der Waals surface area contributed by atoms with Gasteiger partial charge in [0.1, 0.15) is 6.54 Å². The van der Waals surface area contributed by atoms with Gasteiger partial charge in [0.05, 0.1) is 17.3 Å². The average molecular weight is 404 g/mol. The predicted octanol–water partition coefficient (Wildman–Crippen LogP) is 1.60. The van der Waals surface area contributed by atoms with Crippen molar-refractivity contribution in [3.8, 4) is 0 Å². The first-order chi connectivity index (χ1) is 12.6. The van der Waals surface area contributed by atoms with Gasteiger partial charge in [0.25, 0.3) is 0 Å². The van der Waals surface area contributed by atoms with Crippen molar-refractivity contribution < 1.29 is 26.4 Å². The van der Waals surface area contributed by atoms with Crippen LogP contribution >= 0.6 is 0 Å². The van der Waals surface area contributed by atoms with Crippen molar-refractivity contribution >= 4 is 27.0 Å². The zero-order valence-electron chi connectivity index (χ0n) is 14.5. The monoisotopic (exact) mass is 404 g/mol. The number of sulfonamides is 1. The highest BCUT2D eigenvalue weighted by Gasteiger charge is 2.38. The highest BCUT2D eigenvalue weighted by molar-refractivity contribution is 7.88. The Labute approximate surface area is 154 Å². The first-order valence-corrected chi connectivity index (χ1v) is 10.2. The van der Waals surface area contributed by atoms with E-state index in [2.05, 4.69) is 10.3 Å². The molecule has 2 heterocycles. The molecule has 0 atom stereocenters. The number of carbonyl (C=O) groups is 1. The Hall–Kier alpha value is -2.14. The number of rotatable bonds is 4. The van der Waals surface area contributed by atoms with Gasteiger partial charge in [-0.1, -0.05) is 12.1 Å². The van der Waals surface area contributed by atoms with Crippen LogP contribution in [0.4, 0.5) is 13.2 Å². The van der Waals surface area contributed by atoms with E-state index in [1.54, 1.807) is 12.1 Å². The fraction of sp³-hybridized carbons (Fsp3) is 0.500. The second kappa shape index (κ2) is 7.12. The Bertz CT molecular complexity index is 947. The summed E-state index contributed by atoms with van der Waals surface area (Å²) in [5.74, 6) is -1.69. The maximum Gasteiger partial charge on any atom is 0.449 e. The number of nitrogens with zero attached hydrogens (tertiary/aromatic N) is 3. The first-order valence-electron chi connectivity index (χ1n) is 8.32. The number of nitrogens with one attached hydrogen (secondary N) is 1. The van der Waals surface area contributed by atoms with Crippen molar-refractivity contribution in [2.75, 3.05) is 19.3 Å². The lowest BCUT2D eigenvalue weighted by Crippen LogP contribution is -2.47. The van der Waals surface area contributed by atoms with Crippen LogP contribution in [0.25, 0.3) is 11.0 Å². The molecule has 2 aromatic rings. The molecular formula is C16H19F3N4O3S. The Morgan fingerprint density at radius 3 is 2.48 bits per heavy atom. The molecule has 0 unspecified atom stereocenters. The molecule has 148 valence electrons. The van der Waals surface area contributed by atoms with Crippen molar-refractivity contribution in [2.45, 2.75) is 31.6 Å². The van der Waals surface area contributed by atoms with Gasteiger partial charge in [0.15, 0.2) is 0 Å². The van der Waals surface area contributed by atoms with Crippen molar-refractivity contribution in [2.24, 2.45) is 0 Å². The van der Waals surface area contributed by atoms with Gasteiger partial charge in [0.2, 0.25) is 21.8 Å². The third-order valence-corrected chi connectivity index (χ3v) is 5.80. The van der Waals surface area contributed by atoms with Crippen LogP contribution in [-0.2, 0) is 27.5 Å². The van der Waals surface area contributed by atoms with Gasteiger partial charge in [-0.2, -0.15) is 13.2 Å². The van der Waals surface area contributed by atoms with Crippen molar-refractivity contribution in [1.29, 1.82) is 0 Å². The van der Waals surface area contributed by atoms with E-state index in [0.717, 1.165) is 10.8 Å². The topological polar surface area (TPSA) is 84.3 Å². The van der Waals surface area contributed by atoms with E-state index < -0.39 is 34.5 Å². The molecule has 1 saturated heterocycles. The van der Waals surface area contributed by atoms with Crippen LogP contribution < -0.4 is 5.32 Å². The van der Waals surface area contributed by atoms with Gasteiger partial charge in [0, 0.05) is 19.1 Å². The van der Waals surface area contributed by atoms with E-state index in [1.807, 2.05) is 0 Å². The molecular weight excluding hydrogens is 385 g/mol. The number of carbonyl (C=O) groups excluding carboxylic acids is 1. The number of hydrogen-bond acceptors (Lipinski definition) is 4. The lowest BCUT2D eigenvalue weighted by atomic mass is 10.1. The van der Waals surface area contributed by atoms with Crippen LogP contribution in [0.2, 0.25) is 0 Å². The SMILES string of the molecule is CS(=O)(=O)N1CCC(NC(=O)Cn2c(C(F)(F)F)nc3ccccc32)CC1. The smallest absolute Gasteiger partial charge is 0.352 e. The lowest BCUT2D eigenvalue weighted by Gasteiger charge is -2.30. The number of para-hydroxylation sites is 2. The van der Waals surface area contributed by atoms with Crippen LogP contribution in [0, 0.1) is 0 Å². The van der Waals surface area contributed by atoms with Gasteiger partial charge >= 0.3 is 6.18 Å². The second-order valence-corrected chi connectivity index (χ2v) is 8.49. The fourth-order valence-corrected chi connectivity index (χ4v) is 4.07. The number of hydrogen-bond donors (Lipinski definition) is 1. The largest absolute Gasteiger partial charge is 0.449 e. The summed E-state index contributed by atoms with van der Waals surface area (Å²) >= 11 is 0. The molecule has 0 saturated carbocycles. The Morgan fingerprint density at radius 1 is 1.26 bits per heavy atom. The zero-order chi connectivity index (χ0) is 19.8. The maximum atomic E-state index is 13.3. The maximum absolute atomic E-state index is 13.3. The van der Waals surface area contributed by atoms with Gasteiger partial charge in [-0.05, 0) is 25.0 Å². The molecule has 0 spiro atoms. The summed E-state index contributed by atoms with van der Waals surface area (Å²) in [6.07, 6.45) is -2.74. The van der Waals surface area contributed by atoms with E-state index in [9.17, 15) is 26.4 Å². The van der Waals surface area contributed by atoms with Crippen LogP contribution in [0.1, 0.15) is 18.7 Å². The molecule has 1 aliphatic heterocycles. The Balaban J connectivity index is 1.72. The van der Waals surface area contributed by atoms with Gasteiger partial charge in [-0.3, -0.25) is 4.79 Å². The van der Waals surface area contributed by atoms with E-state index in [0.29, 0.717) is 12.8 Å². The van der Waals surface area contributed by atoms with Crippen molar-refractivity contribution in [3.05, 3.63) is 30.1 Å². The molecule has 1 amide bonds. The lowest BCUT2D eigenvalue weighted by molar-refractivity contribution is -0.147. The van der Waals surface area contributed by atoms with Gasteiger partial charge in [-0.25, -0.2) is 17.7 Å². The highest BCUT2D eigenvalue weighted by Crippen LogP contribution is 2.31. The standard InChI is InChI=1S/C16H19F3N4O3S/c1-27(25,26)22-8-6-11(7-9-22)20-14(24)10-23-13-5-3-2-4-12(13)21-15(23)16(17,18)19/h2-5,11H,6-10H2,1H3,(H,20,24). The molecule has 3 rings (SSSR count). The number of halogens is 3. The number of piperidine rings is 1. The minimum absolute atomic E-state index is 0.166. The van der Waals surface area contributed by atoms with Crippen LogP contribution in [-0.4, -0.2) is 53.6 Å². The summed E-state index contributed by atoms with van der Waals surface area (Å²) in [6, 6.07) is 5.82. The molecule has 7 nitrogen and oxygen atoms in total. The molecule has 1 aromatic carbocycles. The number of fused-ring (bicyclic) bond motifs is 1. The van der Waals surface area contributed by atoms with Gasteiger partial charge < -0.3 is 9.88 Å². The Morgan fingerprint density at radius 2 is 1.89 bits per heavy atom. The van der Waals surface area contributed by atoms with E-state index in [-0.39, 0.29) is 30.2 Å². The van der Waals surface area contributed by atoms with Crippen LogP contribution in [0.3, 0.4) is 0 Å². The summed E-state index contributed by atoms with van der Waals surface area (Å²) < 4.78 is 65.0. The zero-order valence-corrected chi connectivity index (χ0v) is 15.3. The molecule has 1 fully saturated rings. The summed E-state index contributed by atoms with van der Waals surface area (Å²) in [4.78, 5) is 15.9. The molecule has 0 bridgehead atoms. The summed E-state index contributed by atoms with van der Waals surface area (Å²) in [6.45, 7) is 0.0266. The number of alkyl halides is 3. The summed E-state index contributed by atoms with van der Waals surface area (Å²) in [5.41, 5.74) is 0.394. The van der Waals surface area contributed by atoms with Crippen LogP contribution in [0.5, 0.6) is 0 Å². The molecule has 1 N–H and O–H groups in total. The molecule has 27 heavy (non-hydrogen) atoms. The quantitative estimate of drug-likeness (QED) is 0.839. The number of amides is 1. The third-order valence-electron chi connectivity index (χ3n) is 4.50. The van der Waals surface area contributed by atoms with E-state index in [4.69, 9.17) is 0 Å². The Kier molecular flexibility index (Phi) is 5.17. The normalized spacial score (nSPS) is 17.3. The number of aromatic nitrogens is 2. The van der Waals surface area contributed by atoms with E-state index >= 15 is 0 Å². The fourth-order valence-electron chi connectivity index (χ4n) is 3.20. The predicted molar refractivity (Wildman–Crippen MR) is 92.3 cm³/mol. The average Bonchev–Trinajstić information content (AvgIpc) is 2.93. The third kappa shape index (κ3) is 4.41. The minimum atomic E-state index is -4.68. The highest BCUT2D eigenvalue weighted by atomic mass is 32.2. The molecule has 1 aliphatic rings. The molecule has 0 radical (unpaired) electrons. The van der Waals surface area contributed by atoms with E-state index in [1.165, 1.54) is 16.4 Å². The molecule has 0 aliphatic carbocycles. The second-order valence-electron chi connectivity index (χ2n) is 6.51. The summed E-state index contributed by atoms with van der Waals surface area (Å²) in [5, 5.41) is 2.70. The summed E-state index contributed by atoms with van der Waals surface area (Å²) in [7, 11) is -3.28. The number of benzene rings is 1. The number of imidazole rings is 1. The molecule has 1 aromatic heterocycles.